The summed E-state index contributed by atoms with van der Waals surface area (Å²) in [6.45, 7) is 8.64. The molecule has 0 radical (unpaired) electrons. The second-order valence-electron chi connectivity index (χ2n) is 6.19. The topological polar surface area (TPSA) is 50.4 Å². The van der Waals surface area contributed by atoms with E-state index < -0.39 is 0 Å². The second kappa shape index (κ2) is 8.18. The molecule has 0 aliphatic carbocycles. The summed E-state index contributed by atoms with van der Waals surface area (Å²) in [6.07, 6.45) is 3.00. The van der Waals surface area contributed by atoms with Crippen molar-refractivity contribution in [3.8, 4) is 5.75 Å². The lowest BCUT2D eigenvalue weighted by Gasteiger charge is -2.22. The number of benzene rings is 1. The van der Waals surface area contributed by atoms with Crippen LogP contribution in [-0.2, 0) is 11.3 Å². The Hall–Kier alpha value is -1.55. The van der Waals surface area contributed by atoms with Crippen LogP contribution in [0.15, 0.2) is 18.2 Å². The lowest BCUT2D eigenvalue weighted by Crippen LogP contribution is -2.37. The zero-order chi connectivity index (χ0) is 15.9. The van der Waals surface area contributed by atoms with Crippen LogP contribution < -0.4 is 15.4 Å². The molecular formula is C18H28N2O2. The average molecular weight is 304 g/mol. The van der Waals surface area contributed by atoms with Gasteiger partial charge in [0.1, 0.15) is 5.75 Å². The molecule has 1 unspecified atom stereocenters. The number of carbonyl (C=O) groups excluding carboxylic acids is 1. The van der Waals surface area contributed by atoms with Crippen LogP contribution in [0.25, 0.3) is 0 Å². The van der Waals surface area contributed by atoms with Gasteiger partial charge in [-0.05, 0) is 57.8 Å². The van der Waals surface area contributed by atoms with E-state index in [2.05, 4.69) is 49.6 Å². The largest absolute Gasteiger partial charge is 0.490 e. The first kappa shape index (κ1) is 16.8. The highest BCUT2D eigenvalue weighted by atomic mass is 16.5. The summed E-state index contributed by atoms with van der Waals surface area (Å²) in [5.74, 6) is 1.20. The lowest BCUT2D eigenvalue weighted by molar-refractivity contribution is -0.125. The number of nitrogens with one attached hydrogen (secondary N) is 2. The van der Waals surface area contributed by atoms with E-state index >= 15 is 0 Å². The van der Waals surface area contributed by atoms with Gasteiger partial charge in [0.25, 0.3) is 0 Å². The quantitative estimate of drug-likeness (QED) is 0.849. The molecule has 1 aromatic carbocycles. The molecule has 0 aromatic heterocycles. The maximum Gasteiger partial charge on any atom is 0.223 e. The first-order valence-corrected chi connectivity index (χ1v) is 8.34. The molecule has 122 valence electrons. The molecule has 1 fully saturated rings. The van der Waals surface area contributed by atoms with E-state index in [4.69, 9.17) is 4.74 Å². The van der Waals surface area contributed by atoms with Crippen molar-refractivity contribution in [3.63, 3.8) is 0 Å². The van der Waals surface area contributed by atoms with Gasteiger partial charge in [0.05, 0.1) is 6.10 Å². The number of hydrogen-bond acceptors (Lipinski definition) is 3. The Morgan fingerprint density at radius 1 is 1.41 bits per heavy atom. The van der Waals surface area contributed by atoms with Gasteiger partial charge in [-0.1, -0.05) is 19.1 Å². The van der Waals surface area contributed by atoms with E-state index in [1.165, 1.54) is 5.56 Å². The van der Waals surface area contributed by atoms with Gasteiger partial charge in [0.15, 0.2) is 0 Å². The molecule has 22 heavy (non-hydrogen) atoms. The molecule has 1 heterocycles. The highest BCUT2D eigenvalue weighted by Gasteiger charge is 2.20. The summed E-state index contributed by atoms with van der Waals surface area (Å²) in [4.78, 5) is 12.2. The average Bonchev–Trinajstić information content (AvgIpc) is 2.54. The minimum Gasteiger partial charge on any atom is -0.490 e. The predicted molar refractivity (Wildman–Crippen MR) is 89.0 cm³/mol. The normalized spacial score (nSPS) is 17.0. The van der Waals surface area contributed by atoms with Crippen molar-refractivity contribution in [3.05, 3.63) is 29.3 Å². The summed E-state index contributed by atoms with van der Waals surface area (Å²) < 4.78 is 5.99. The standard InChI is InChI=1S/C18H28N2O2/c1-4-14(3)22-17-11-13(2)5-6-16(17)12-20-18(21)15-7-9-19-10-8-15/h5-6,11,14-15,19H,4,7-10,12H2,1-3H3,(H,20,21). The monoisotopic (exact) mass is 304 g/mol. The molecule has 1 atom stereocenters. The van der Waals surface area contributed by atoms with Crippen LogP contribution in [0.3, 0.4) is 0 Å². The van der Waals surface area contributed by atoms with Gasteiger partial charge in [-0.3, -0.25) is 4.79 Å². The highest BCUT2D eigenvalue weighted by Crippen LogP contribution is 2.22. The van der Waals surface area contributed by atoms with Crippen molar-refractivity contribution in [2.24, 2.45) is 5.92 Å². The maximum atomic E-state index is 12.2. The molecule has 4 nitrogen and oxygen atoms in total. The molecule has 2 N–H and O–H groups in total. The summed E-state index contributed by atoms with van der Waals surface area (Å²) in [5, 5.41) is 6.36. The van der Waals surface area contributed by atoms with E-state index in [0.29, 0.717) is 6.54 Å². The van der Waals surface area contributed by atoms with Crippen molar-refractivity contribution in [2.45, 2.75) is 52.7 Å². The van der Waals surface area contributed by atoms with Crippen molar-refractivity contribution in [1.82, 2.24) is 10.6 Å². The Balaban J connectivity index is 1.97. The summed E-state index contributed by atoms with van der Waals surface area (Å²) in [5.41, 5.74) is 2.22. The number of aryl methyl sites for hydroxylation is 1. The molecule has 1 aliphatic heterocycles. The van der Waals surface area contributed by atoms with E-state index in [0.717, 1.165) is 43.7 Å². The van der Waals surface area contributed by atoms with Gasteiger partial charge in [-0.15, -0.1) is 0 Å². The van der Waals surface area contributed by atoms with Crippen molar-refractivity contribution in [1.29, 1.82) is 0 Å². The van der Waals surface area contributed by atoms with Crippen LogP contribution in [0.2, 0.25) is 0 Å². The second-order valence-corrected chi connectivity index (χ2v) is 6.19. The molecule has 0 spiro atoms. The Labute approximate surface area is 133 Å². The third-order valence-electron chi connectivity index (χ3n) is 4.29. The van der Waals surface area contributed by atoms with Crippen molar-refractivity contribution in [2.75, 3.05) is 13.1 Å². The third kappa shape index (κ3) is 4.73. The number of hydrogen-bond donors (Lipinski definition) is 2. The Morgan fingerprint density at radius 3 is 2.82 bits per heavy atom. The number of ether oxygens (including phenoxy) is 1. The first-order chi connectivity index (χ1) is 10.6. The van der Waals surface area contributed by atoms with Crippen LogP contribution in [0.1, 0.15) is 44.2 Å². The Morgan fingerprint density at radius 2 is 2.14 bits per heavy atom. The van der Waals surface area contributed by atoms with Crippen molar-refractivity contribution < 1.29 is 9.53 Å². The number of carbonyl (C=O) groups is 1. The molecule has 1 amide bonds. The van der Waals surface area contributed by atoms with Crippen LogP contribution in [0.4, 0.5) is 0 Å². The van der Waals surface area contributed by atoms with E-state index in [1.807, 2.05) is 0 Å². The molecule has 1 aromatic rings. The summed E-state index contributed by atoms with van der Waals surface area (Å²) >= 11 is 0. The lowest BCUT2D eigenvalue weighted by atomic mass is 9.97. The van der Waals surface area contributed by atoms with Gasteiger partial charge in [-0.25, -0.2) is 0 Å². The minimum absolute atomic E-state index is 0.144. The summed E-state index contributed by atoms with van der Waals surface area (Å²) in [7, 11) is 0. The summed E-state index contributed by atoms with van der Waals surface area (Å²) in [6, 6.07) is 6.17. The molecule has 4 heteroatoms. The molecule has 1 saturated heterocycles. The van der Waals surface area contributed by atoms with Crippen molar-refractivity contribution >= 4 is 5.91 Å². The molecule has 1 aliphatic rings. The molecular weight excluding hydrogens is 276 g/mol. The van der Waals surface area contributed by atoms with Crippen LogP contribution in [0, 0.1) is 12.8 Å². The van der Waals surface area contributed by atoms with E-state index in [-0.39, 0.29) is 17.9 Å². The maximum absolute atomic E-state index is 12.2. The molecule has 0 saturated carbocycles. The van der Waals surface area contributed by atoms with Gasteiger partial charge in [-0.2, -0.15) is 0 Å². The minimum atomic E-state index is 0.144. The van der Waals surface area contributed by atoms with E-state index in [1.54, 1.807) is 0 Å². The SMILES string of the molecule is CCC(C)Oc1cc(C)ccc1CNC(=O)C1CCNCC1. The predicted octanol–water partition coefficient (Wildman–Crippen LogP) is 2.79. The molecule has 2 rings (SSSR count). The zero-order valence-electron chi connectivity index (χ0n) is 13.9. The highest BCUT2D eigenvalue weighted by molar-refractivity contribution is 5.78. The van der Waals surface area contributed by atoms with Crippen LogP contribution in [0.5, 0.6) is 5.75 Å². The third-order valence-corrected chi connectivity index (χ3v) is 4.29. The fourth-order valence-corrected chi connectivity index (χ4v) is 2.63. The number of piperidine rings is 1. The first-order valence-electron chi connectivity index (χ1n) is 8.34. The number of rotatable bonds is 6. The van der Waals surface area contributed by atoms with Crippen LogP contribution >= 0.6 is 0 Å². The van der Waals surface area contributed by atoms with Gasteiger partial charge >= 0.3 is 0 Å². The van der Waals surface area contributed by atoms with Gasteiger partial charge in [0, 0.05) is 18.0 Å². The smallest absolute Gasteiger partial charge is 0.223 e. The molecule has 0 bridgehead atoms. The fraction of sp³-hybridized carbons (Fsp3) is 0.611. The fourth-order valence-electron chi connectivity index (χ4n) is 2.63. The van der Waals surface area contributed by atoms with E-state index in [9.17, 15) is 4.79 Å². The number of amides is 1. The zero-order valence-corrected chi connectivity index (χ0v) is 13.9. The van der Waals surface area contributed by atoms with Crippen LogP contribution in [-0.4, -0.2) is 25.1 Å². The Kier molecular flexibility index (Phi) is 6.25. The Bertz CT molecular complexity index is 496. The van der Waals surface area contributed by atoms with Gasteiger partial charge < -0.3 is 15.4 Å². The van der Waals surface area contributed by atoms with Gasteiger partial charge in [0.2, 0.25) is 5.91 Å².